The molecule has 9 aromatic rings. The molecule has 0 aliphatic heterocycles. The fourth-order valence-electron chi connectivity index (χ4n) is 9.26. The second-order valence-corrected chi connectivity index (χ2v) is 17.3. The Morgan fingerprint density at radius 1 is 0.218 bits per heavy atom. The van der Waals surface area contributed by atoms with E-state index in [2.05, 4.69) is 17.0 Å². The minimum Gasteiger partial charge on any atom is -0.497 e. The number of nitriles is 2. The van der Waals surface area contributed by atoms with Crippen LogP contribution in [-0.2, 0) is 0 Å². The Bertz CT molecular complexity index is 3220. The van der Waals surface area contributed by atoms with Gasteiger partial charge in [0.2, 0.25) is 0 Å². The second kappa shape index (κ2) is 23.8. The Hall–Kier alpha value is -10.4. The highest BCUT2D eigenvalue weighted by Crippen LogP contribution is 2.60. The smallest absolute Gasteiger partial charge is 0.119 e. The first kappa shape index (κ1) is 52.4. The number of methoxy groups -OCH3 is 8. The highest BCUT2D eigenvalue weighted by molar-refractivity contribution is 6.10. The Labute approximate surface area is 454 Å². The van der Waals surface area contributed by atoms with Crippen molar-refractivity contribution in [3.8, 4) is 58.1 Å². The number of anilines is 12. The molecule has 0 amide bonds. The van der Waals surface area contributed by atoms with E-state index < -0.39 is 0 Å². The van der Waals surface area contributed by atoms with E-state index >= 15 is 0 Å². The third-order valence-electron chi connectivity index (χ3n) is 13.2. The third kappa shape index (κ3) is 10.5. The molecule has 0 aromatic heterocycles. The Balaban J connectivity index is 1.60. The van der Waals surface area contributed by atoms with Crippen LogP contribution >= 0.6 is 0 Å². The predicted octanol–water partition coefficient (Wildman–Crippen LogP) is 15.4. The van der Waals surface area contributed by atoms with Crippen molar-refractivity contribution in [1.29, 1.82) is 10.5 Å². The fraction of sp³-hybridized carbons (Fsp3) is 0.125. The van der Waals surface area contributed by atoms with Crippen molar-refractivity contribution < 1.29 is 37.9 Å². The molecule has 0 heterocycles. The van der Waals surface area contributed by atoms with Gasteiger partial charge in [-0.25, -0.2) is 0 Å². The molecule has 0 atom stereocenters. The average Bonchev–Trinajstić information content (AvgIpc) is 3.46. The van der Waals surface area contributed by atoms with E-state index in [4.69, 9.17) is 37.9 Å². The van der Waals surface area contributed by atoms with Gasteiger partial charge in [-0.2, -0.15) is 10.5 Å². The molecule has 0 aliphatic rings. The average molecular weight is 1040 g/mol. The summed E-state index contributed by atoms with van der Waals surface area (Å²) >= 11 is 0. The summed E-state index contributed by atoms with van der Waals surface area (Å²) in [4.78, 5) is 8.04. The van der Waals surface area contributed by atoms with Crippen molar-refractivity contribution in [2.45, 2.75) is 0 Å². The molecular formula is C64H56N6O8. The van der Waals surface area contributed by atoms with Crippen LogP contribution in [0.1, 0.15) is 11.1 Å². The standard InChI is InChI=1S/C64H56N6O8/c1-71-51-25-9-43(10-26-51)67(44-11-27-52(72-2)28-12-44)61-59(41-65)62(68(45-13-29-53(73-3)30-14-45)46-15-31-54(74-4)32-16-46)64(70(49-21-37-57(77-7)38-22-49)50-23-39-58(78-8)40-24-50)63(60(61)42-66)69(47-17-33-55(75-5)34-18-47)48-19-35-56(76-6)36-20-48/h9-40H,1-8H3. The topological polar surface area (TPSA) is 134 Å². The lowest BCUT2D eigenvalue weighted by atomic mass is 9.94. The molecule has 0 fully saturated rings. The maximum atomic E-state index is 12.5. The molecule has 14 nitrogen and oxygen atoms in total. The van der Waals surface area contributed by atoms with E-state index in [1.54, 1.807) is 56.9 Å². The van der Waals surface area contributed by atoms with Gasteiger partial charge in [-0.3, -0.25) is 0 Å². The lowest BCUT2D eigenvalue weighted by Crippen LogP contribution is -2.25. The predicted molar refractivity (Wildman–Crippen MR) is 307 cm³/mol. The molecule has 0 unspecified atom stereocenters. The summed E-state index contributed by atoms with van der Waals surface area (Å²) in [5.74, 6) is 4.91. The highest BCUT2D eigenvalue weighted by atomic mass is 16.5. The molecule has 390 valence electrons. The van der Waals surface area contributed by atoms with Crippen LogP contribution in [0.25, 0.3) is 0 Å². The minimum absolute atomic E-state index is 0.125. The minimum atomic E-state index is 0.125. The summed E-state index contributed by atoms with van der Waals surface area (Å²) < 4.78 is 45.8. The van der Waals surface area contributed by atoms with E-state index in [9.17, 15) is 10.5 Å². The van der Waals surface area contributed by atoms with Crippen molar-refractivity contribution in [2.24, 2.45) is 0 Å². The van der Waals surface area contributed by atoms with Crippen LogP contribution in [0, 0.1) is 22.7 Å². The first-order chi connectivity index (χ1) is 38.2. The van der Waals surface area contributed by atoms with Crippen LogP contribution < -0.4 is 57.5 Å². The van der Waals surface area contributed by atoms with Gasteiger partial charge in [0.05, 0.1) is 79.6 Å². The van der Waals surface area contributed by atoms with Crippen LogP contribution in [0.4, 0.5) is 68.2 Å². The van der Waals surface area contributed by atoms with E-state index in [0.29, 0.717) is 109 Å². The number of ether oxygens (including phenoxy) is 8. The molecule has 9 rings (SSSR count). The Kier molecular flexibility index (Phi) is 16.0. The van der Waals surface area contributed by atoms with Gasteiger partial charge in [0.25, 0.3) is 0 Å². The van der Waals surface area contributed by atoms with Crippen molar-refractivity contribution in [3.63, 3.8) is 0 Å². The van der Waals surface area contributed by atoms with Crippen molar-refractivity contribution in [3.05, 3.63) is 205 Å². The summed E-state index contributed by atoms with van der Waals surface area (Å²) in [7, 11) is 12.9. The first-order valence-corrected chi connectivity index (χ1v) is 24.6. The molecule has 0 bridgehead atoms. The van der Waals surface area contributed by atoms with E-state index in [1.807, 2.05) is 209 Å². The SMILES string of the molecule is COc1ccc(N(c2ccc(OC)cc2)c2c(C#N)c(N(c3ccc(OC)cc3)c3ccc(OC)cc3)c(N(c3ccc(OC)cc3)c3ccc(OC)cc3)c(N(c3ccc(OC)cc3)c3ccc(OC)cc3)c2C#N)cc1. The van der Waals surface area contributed by atoms with Crippen LogP contribution in [0.2, 0.25) is 0 Å². The maximum absolute atomic E-state index is 12.5. The zero-order chi connectivity index (χ0) is 54.7. The van der Waals surface area contributed by atoms with Gasteiger partial charge in [0.15, 0.2) is 0 Å². The largest absolute Gasteiger partial charge is 0.497 e. The summed E-state index contributed by atoms with van der Waals surface area (Å²) in [5, 5.41) is 25.0. The summed E-state index contributed by atoms with van der Waals surface area (Å²) in [6.07, 6.45) is 0. The van der Waals surface area contributed by atoms with E-state index in [-0.39, 0.29) is 16.8 Å². The van der Waals surface area contributed by atoms with Gasteiger partial charge < -0.3 is 57.5 Å². The monoisotopic (exact) mass is 1040 g/mol. The summed E-state index contributed by atoms with van der Waals surface area (Å²) in [6.45, 7) is 0. The molecule has 0 spiro atoms. The van der Waals surface area contributed by atoms with Crippen LogP contribution in [0.15, 0.2) is 194 Å². The lowest BCUT2D eigenvalue weighted by molar-refractivity contribution is 0.414. The van der Waals surface area contributed by atoms with Crippen molar-refractivity contribution >= 4 is 68.2 Å². The molecule has 0 saturated heterocycles. The molecule has 14 heteroatoms. The van der Waals surface area contributed by atoms with Crippen LogP contribution in [-0.4, -0.2) is 56.9 Å². The second-order valence-electron chi connectivity index (χ2n) is 17.3. The molecule has 0 aliphatic carbocycles. The zero-order valence-corrected chi connectivity index (χ0v) is 44.4. The van der Waals surface area contributed by atoms with Crippen LogP contribution in [0.3, 0.4) is 0 Å². The van der Waals surface area contributed by atoms with E-state index in [0.717, 1.165) is 0 Å². The van der Waals surface area contributed by atoms with Crippen molar-refractivity contribution in [1.82, 2.24) is 0 Å². The van der Waals surface area contributed by atoms with Gasteiger partial charge in [0, 0.05) is 45.5 Å². The molecule has 78 heavy (non-hydrogen) atoms. The van der Waals surface area contributed by atoms with Gasteiger partial charge in [-0.05, 0) is 194 Å². The fourth-order valence-corrected chi connectivity index (χ4v) is 9.26. The van der Waals surface area contributed by atoms with Gasteiger partial charge in [-0.1, -0.05) is 0 Å². The number of rotatable bonds is 20. The quantitative estimate of drug-likeness (QED) is 0.0716. The van der Waals surface area contributed by atoms with Crippen molar-refractivity contribution in [2.75, 3.05) is 76.5 Å². The molecule has 9 aromatic carbocycles. The molecule has 0 saturated carbocycles. The molecule has 0 radical (unpaired) electrons. The maximum Gasteiger partial charge on any atom is 0.119 e. The first-order valence-electron chi connectivity index (χ1n) is 24.6. The summed E-state index contributed by atoms with van der Waals surface area (Å²) in [6, 6.07) is 66.2. The van der Waals surface area contributed by atoms with Gasteiger partial charge in [-0.15, -0.1) is 0 Å². The van der Waals surface area contributed by atoms with Gasteiger partial charge in [0.1, 0.15) is 69.3 Å². The number of benzene rings is 9. The molecule has 0 N–H and O–H groups in total. The lowest BCUT2D eigenvalue weighted by Gasteiger charge is -2.40. The number of hydrogen-bond acceptors (Lipinski definition) is 14. The zero-order valence-electron chi connectivity index (χ0n) is 44.4. The molecular weight excluding hydrogens is 981 g/mol. The normalized spacial score (nSPS) is 10.5. The van der Waals surface area contributed by atoms with Crippen LogP contribution in [0.5, 0.6) is 46.0 Å². The number of hydrogen-bond donors (Lipinski definition) is 0. The van der Waals surface area contributed by atoms with Gasteiger partial charge >= 0.3 is 0 Å². The Morgan fingerprint density at radius 2 is 0.359 bits per heavy atom. The summed E-state index contributed by atoms with van der Waals surface area (Å²) in [5.41, 5.74) is 6.79. The third-order valence-corrected chi connectivity index (χ3v) is 13.2. The van der Waals surface area contributed by atoms with E-state index in [1.165, 1.54) is 0 Å². The highest BCUT2D eigenvalue weighted by Gasteiger charge is 2.39. The Morgan fingerprint density at radius 3 is 0.500 bits per heavy atom. The number of nitrogens with zero attached hydrogens (tertiary/aromatic N) is 6.